The molecule has 0 spiro atoms. The molecule has 10 aromatic carbocycles. The van der Waals surface area contributed by atoms with E-state index in [1.54, 1.807) is 18.2 Å². The fourth-order valence-corrected chi connectivity index (χ4v) is 10.4. The van der Waals surface area contributed by atoms with Gasteiger partial charge in [-0.1, -0.05) is 156 Å². The number of aromatic nitrogens is 2. The van der Waals surface area contributed by atoms with E-state index in [2.05, 4.69) is 179 Å². The van der Waals surface area contributed by atoms with Crippen LogP contribution in [0.1, 0.15) is 33.4 Å². The highest BCUT2D eigenvalue weighted by atomic mass is 19.4. The molecule has 0 fully saturated rings. The molecule has 0 amide bonds. The summed E-state index contributed by atoms with van der Waals surface area (Å²) in [5.41, 5.74) is 17.1. The third kappa shape index (κ3) is 7.71. The molecule has 0 unspecified atom stereocenters. The molecular formula is C66H46F3N3. The van der Waals surface area contributed by atoms with E-state index in [-0.39, 0.29) is 0 Å². The molecule has 12 rings (SSSR count). The monoisotopic (exact) mass is 937 g/mol. The van der Waals surface area contributed by atoms with Crippen LogP contribution in [0.3, 0.4) is 0 Å². The molecule has 0 aliphatic carbocycles. The molecule has 0 N–H and O–H groups in total. The molecule has 0 aliphatic rings. The molecule has 3 nitrogen and oxygen atoms in total. The van der Waals surface area contributed by atoms with Crippen molar-refractivity contribution in [1.82, 2.24) is 9.13 Å². The molecule has 72 heavy (non-hydrogen) atoms. The Morgan fingerprint density at radius 2 is 0.653 bits per heavy atom. The number of benzene rings is 10. The lowest BCUT2D eigenvalue weighted by Gasteiger charge is -2.23. The summed E-state index contributed by atoms with van der Waals surface area (Å²) in [7, 11) is 0. The molecule has 346 valence electrons. The van der Waals surface area contributed by atoms with Gasteiger partial charge in [-0.25, -0.2) is 0 Å². The molecule has 0 saturated carbocycles. The molecule has 0 bridgehead atoms. The van der Waals surface area contributed by atoms with Crippen LogP contribution in [-0.2, 0) is 6.18 Å². The number of aryl methyl sites for hydroxylation is 4. The summed E-state index contributed by atoms with van der Waals surface area (Å²) >= 11 is 0. The number of alkyl halides is 3. The Morgan fingerprint density at radius 1 is 0.347 bits per heavy atom. The first-order valence-corrected chi connectivity index (χ1v) is 24.1. The standard InChI is InChI=1S/C66H46F3N3/c1-40-8-16-45(17-9-40)49-24-28-59-55(33-49)56-34-50(46-18-10-41(2)11-19-46)25-29-60(56)71(59)63-37-54(66(67,68)69)38-64(65(63)53-7-5-6-44(32-53)39-70)72-61-30-26-51(47-20-12-42(3)13-21-47)35-57(61)58-36-52(27-31-62(58)72)48-22-14-43(4)15-23-48/h5-38H,1-4H3. The highest BCUT2D eigenvalue weighted by Gasteiger charge is 2.34. The predicted molar refractivity (Wildman–Crippen MR) is 291 cm³/mol. The van der Waals surface area contributed by atoms with Crippen molar-refractivity contribution in [3.05, 3.63) is 240 Å². The third-order valence-corrected chi connectivity index (χ3v) is 14.3. The normalized spacial score (nSPS) is 11.8. The van der Waals surface area contributed by atoms with Crippen LogP contribution in [0.25, 0.3) is 111 Å². The van der Waals surface area contributed by atoms with Crippen LogP contribution < -0.4 is 0 Å². The molecule has 0 saturated heterocycles. The molecule has 2 heterocycles. The molecule has 0 radical (unpaired) electrons. The SMILES string of the molecule is Cc1ccc(-c2ccc3c(c2)c2cc(-c4ccc(C)cc4)ccc2n3-c2cc(C(F)(F)F)cc(-n3c4ccc(-c5ccc(C)cc5)cc4c4cc(-c5ccc(C)cc5)ccc43)c2-c2cccc(C#N)c2)cc1. The maximum absolute atomic E-state index is 16.0. The Bertz CT molecular complexity index is 3710. The summed E-state index contributed by atoms with van der Waals surface area (Å²) in [6.45, 7) is 8.24. The number of hydrogen-bond donors (Lipinski definition) is 0. The van der Waals surface area contributed by atoms with Crippen molar-refractivity contribution in [3.63, 3.8) is 0 Å². The van der Waals surface area contributed by atoms with Crippen molar-refractivity contribution in [3.8, 4) is 73.1 Å². The van der Waals surface area contributed by atoms with Gasteiger partial charge in [0.1, 0.15) is 0 Å². The maximum atomic E-state index is 16.0. The maximum Gasteiger partial charge on any atom is 0.416 e. The van der Waals surface area contributed by atoms with Crippen LogP contribution in [0, 0.1) is 39.0 Å². The van der Waals surface area contributed by atoms with Crippen molar-refractivity contribution in [2.24, 2.45) is 0 Å². The first kappa shape index (κ1) is 44.3. The van der Waals surface area contributed by atoms with E-state index in [0.29, 0.717) is 28.1 Å². The lowest BCUT2D eigenvalue weighted by atomic mass is 9.96. The summed E-state index contributed by atoms with van der Waals surface area (Å²) in [5.74, 6) is 0. The molecule has 0 aliphatic heterocycles. The van der Waals surface area contributed by atoms with Gasteiger partial charge in [-0.3, -0.25) is 0 Å². The summed E-state index contributed by atoms with van der Waals surface area (Å²) in [5, 5.41) is 14.0. The zero-order valence-electron chi connectivity index (χ0n) is 40.1. The van der Waals surface area contributed by atoms with Gasteiger partial charge in [-0.15, -0.1) is 0 Å². The highest BCUT2D eigenvalue weighted by Crippen LogP contribution is 2.47. The van der Waals surface area contributed by atoms with Gasteiger partial charge in [0.2, 0.25) is 0 Å². The third-order valence-electron chi connectivity index (χ3n) is 14.3. The van der Waals surface area contributed by atoms with Gasteiger partial charge >= 0.3 is 6.18 Å². The lowest BCUT2D eigenvalue weighted by molar-refractivity contribution is -0.137. The van der Waals surface area contributed by atoms with E-state index >= 15 is 13.2 Å². The molecule has 12 aromatic rings. The van der Waals surface area contributed by atoms with Crippen molar-refractivity contribution in [1.29, 1.82) is 5.26 Å². The first-order valence-electron chi connectivity index (χ1n) is 24.1. The van der Waals surface area contributed by atoms with Crippen LogP contribution in [-0.4, -0.2) is 9.13 Å². The minimum absolute atomic E-state index is 0.337. The fraction of sp³-hybridized carbons (Fsp3) is 0.0758. The second-order valence-corrected chi connectivity index (χ2v) is 19.1. The van der Waals surface area contributed by atoms with Gasteiger partial charge in [0.15, 0.2) is 0 Å². The zero-order chi connectivity index (χ0) is 49.4. The average Bonchev–Trinajstić information content (AvgIpc) is 3.90. The Hall–Kier alpha value is -8.92. The quantitative estimate of drug-likeness (QED) is 0.157. The zero-order valence-corrected chi connectivity index (χ0v) is 40.1. The largest absolute Gasteiger partial charge is 0.416 e. The van der Waals surface area contributed by atoms with Gasteiger partial charge in [0, 0.05) is 27.1 Å². The van der Waals surface area contributed by atoms with Gasteiger partial charge in [-0.2, -0.15) is 18.4 Å². The van der Waals surface area contributed by atoms with Crippen molar-refractivity contribution in [2.75, 3.05) is 0 Å². The number of nitriles is 1. The van der Waals surface area contributed by atoms with Crippen molar-refractivity contribution < 1.29 is 13.2 Å². The Morgan fingerprint density at radius 3 is 0.944 bits per heavy atom. The van der Waals surface area contributed by atoms with Gasteiger partial charge in [-0.05, 0) is 151 Å². The van der Waals surface area contributed by atoms with Gasteiger partial charge < -0.3 is 9.13 Å². The van der Waals surface area contributed by atoms with E-state index in [1.807, 2.05) is 39.5 Å². The number of rotatable bonds is 7. The minimum atomic E-state index is -4.73. The Balaban J connectivity index is 1.21. The minimum Gasteiger partial charge on any atom is -0.309 e. The van der Waals surface area contributed by atoms with Crippen LogP contribution in [0.15, 0.2) is 206 Å². The van der Waals surface area contributed by atoms with Gasteiger partial charge in [0.05, 0.1) is 50.6 Å². The molecule has 2 aromatic heterocycles. The van der Waals surface area contributed by atoms with E-state index in [0.717, 1.165) is 110 Å². The number of halogens is 3. The van der Waals surface area contributed by atoms with E-state index in [1.165, 1.54) is 12.1 Å². The molecule has 0 atom stereocenters. The lowest BCUT2D eigenvalue weighted by Crippen LogP contribution is -2.11. The number of hydrogen-bond acceptors (Lipinski definition) is 1. The van der Waals surface area contributed by atoms with Crippen molar-refractivity contribution >= 4 is 43.6 Å². The topological polar surface area (TPSA) is 33.6 Å². The van der Waals surface area contributed by atoms with E-state index in [4.69, 9.17) is 0 Å². The van der Waals surface area contributed by atoms with Gasteiger partial charge in [0.25, 0.3) is 0 Å². The smallest absolute Gasteiger partial charge is 0.309 e. The predicted octanol–water partition coefficient (Wildman–Crippen LogP) is 18.3. The Kier molecular flexibility index (Phi) is 10.6. The second-order valence-electron chi connectivity index (χ2n) is 19.1. The molecule has 6 heteroatoms. The number of fused-ring (bicyclic) bond motifs is 6. The number of nitrogens with zero attached hydrogens (tertiary/aromatic N) is 3. The Labute approximate surface area is 415 Å². The summed E-state index contributed by atoms with van der Waals surface area (Å²) in [6.07, 6.45) is -4.73. The second kappa shape index (κ2) is 17.2. The summed E-state index contributed by atoms with van der Waals surface area (Å²) in [6, 6.07) is 70.6. The van der Waals surface area contributed by atoms with E-state index in [9.17, 15) is 5.26 Å². The van der Waals surface area contributed by atoms with Crippen molar-refractivity contribution in [2.45, 2.75) is 33.9 Å². The first-order chi connectivity index (χ1) is 34.9. The fourth-order valence-electron chi connectivity index (χ4n) is 10.4. The molecular weight excluding hydrogens is 892 g/mol. The van der Waals surface area contributed by atoms with Crippen LogP contribution >= 0.6 is 0 Å². The summed E-state index contributed by atoms with van der Waals surface area (Å²) in [4.78, 5) is 0. The summed E-state index contributed by atoms with van der Waals surface area (Å²) < 4.78 is 51.9. The van der Waals surface area contributed by atoms with E-state index < -0.39 is 11.7 Å². The highest BCUT2D eigenvalue weighted by molar-refractivity contribution is 6.14. The van der Waals surface area contributed by atoms with Crippen LogP contribution in [0.5, 0.6) is 0 Å². The van der Waals surface area contributed by atoms with Crippen LogP contribution in [0.4, 0.5) is 13.2 Å². The van der Waals surface area contributed by atoms with Crippen LogP contribution in [0.2, 0.25) is 0 Å². The average molecular weight is 938 g/mol.